The maximum Gasteiger partial charge on any atom is 0.270 e. The lowest BCUT2D eigenvalue weighted by molar-refractivity contribution is -0.137. The summed E-state index contributed by atoms with van der Waals surface area (Å²) in [6.45, 7) is 4.40. The Morgan fingerprint density at radius 1 is 0.925 bits per heavy atom. The highest BCUT2D eigenvalue weighted by Crippen LogP contribution is 2.32. The number of halogens is 2. The van der Waals surface area contributed by atoms with Crippen molar-refractivity contribution in [3.05, 3.63) is 74.9 Å². The molecule has 2 aromatic rings. The van der Waals surface area contributed by atoms with Crippen LogP contribution in [0.2, 0.25) is 10.0 Å². The Morgan fingerprint density at radius 3 is 2.33 bits per heavy atom. The first-order valence-electron chi connectivity index (χ1n) is 13.6. The summed E-state index contributed by atoms with van der Waals surface area (Å²) in [6.07, 6.45) is 3.03. The molecule has 3 amide bonds. The van der Waals surface area contributed by atoms with Crippen LogP contribution in [0.3, 0.4) is 0 Å². The molecule has 10 heteroatoms. The lowest BCUT2D eigenvalue weighted by atomic mass is 10.0. The van der Waals surface area contributed by atoms with Gasteiger partial charge >= 0.3 is 0 Å². The highest BCUT2D eigenvalue weighted by molar-refractivity contribution is 6.31. The molecule has 1 aliphatic carbocycles. The molecule has 0 aromatic heterocycles. The smallest absolute Gasteiger partial charge is 0.270 e. The summed E-state index contributed by atoms with van der Waals surface area (Å²) in [5, 5.41) is 10.3. The third-order valence-corrected chi connectivity index (χ3v) is 7.67. The average molecular weight is 588 g/mol. The maximum atomic E-state index is 13.5. The predicted molar refractivity (Wildman–Crippen MR) is 156 cm³/mol. The third kappa shape index (κ3) is 7.92. The lowest BCUT2D eigenvalue weighted by Crippen LogP contribution is -2.54. The largest absolute Gasteiger partial charge is 0.489 e. The molecule has 214 valence electrons. The van der Waals surface area contributed by atoms with E-state index < -0.39 is 18.0 Å². The van der Waals surface area contributed by atoms with Crippen LogP contribution in [-0.4, -0.2) is 60.9 Å². The first-order chi connectivity index (χ1) is 19.1. The number of benzene rings is 2. The number of rotatable bonds is 2. The molecular formula is C30H36Cl2N4O4. The van der Waals surface area contributed by atoms with E-state index in [1.165, 1.54) is 4.90 Å². The Kier molecular flexibility index (Phi) is 9.98. The number of carbonyl (C=O) groups is 3. The maximum absolute atomic E-state index is 13.5. The zero-order valence-electron chi connectivity index (χ0n) is 23.1. The molecule has 0 saturated heterocycles. The van der Waals surface area contributed by atoms with Crippen LogP contribution in [0.25, 0.3) is 0 Å². The van der Waals surface area contributed by atoms with Gasteiger partial charge in [0.05, 0.1) is 12.2 Å². The second kappa shape index (κ2) is 13.4. The van der Waals surface area contributed by atoms with Crippen LogP contribution < -0.4 is 20.7 Å². The van der Waals surface area contributed by atoms with Gasteiger partial charge in [0.15, 0.2) is 0 Å². The summed E-state index contributed by atoms with van der Waals surface area (Å²) < 4.78 is 6.23. The Hall–Kier alpha value is -3.23. The van der Waals surface area contributed by atoms with E-state index in [4.69, 9.17) is 27.9 Å². The van der Waals surface area contributed by atoms with Gasteiger partial charge in [-0.25, -0.2) is 0 Å². The Balaban J connectivity index is 1.59. The van der Waals surface area contributed by atoms with E-state index in [1.54, 1.807) is 32.2 Å². The summed E-state index contributed by atoms with van der Waals surface area (Å²) in [4.78, 5) is 41.4. The van der Waals surface area contributed by atoms with Crippen LogP contribution in [0, 0.1) is 0 Å². The van der Waals surface area contributed by atoms with Crippen molar-refractivity contribution in [2.24, 2.45) is 0 Å². The van der Waals surface area contributed by atoms with Crippen molar-refractivity contribution in [2.45, 2.75) is 64.1 Å². The fourth-order valence-electron chi connectivity index (χ4n) is 4.51. The van der Waals surface area contributed by atoms with Gasteiger partial charge in [-0.2, -0.15) is 0 Å². The van der Waals surface area contributed by atoms with E-state index in [0.29, 0.717) is 47.4 Å². The van der Waals surface area contributed by atoms with E-state index in [-0.39, 0.29) is 24.3 Å². The Bertz CT molecular complexity index is 1270. The van der Waals surface area contributed by atoms with Crippen molar-refractivity contribution in [2.75, 3.05) is 20.1 Å². The fraction of sp³-hybridized carbons (Fsp3) is 0.433. The molecule has 1 saturated carbocycles. The molecular weight excluding hydrogens is 551 g/mol. The number of ether oxygens (including phenoxy) is 1. The number of fused-ring (bicyclic) bond motifs is 1. The molecule has 40 heavy (non-hydrogen) atoms. The summed E-state index contributed by atoms with van der Waals surface area (Å²) in [6, 6.07) is 11.1. The molecule has 2 aliphatic rings. The molecule has 3 N–H and O–H groups in total. The van der Waals surface area contributed by atoms with E-state index in [0.717, 1.165) is 29.5 Å². The SMILES string of the molecule is C[C@@H]1CNC(=C2CC2)C(=O)N(C)[C@H](C)C(=O)N[C@H](Cc2ccc(Cl)cc2)C(=O)NCCCc2ccc(Cl)cc2O1. The quantitative estimate of drug-likeness (QED) is 0.461. The number of nitrogens with one attached hydrogen (secondary N) is 3. The number of nitrogens with zero attached hydrogens (tertiary/aromatic N) is 1. The van der Waals surface area contributed by atoms with Gasteiger partial charge in [0.1, 0.15) is 23.9 Å². The normalized spacial score (nSPS) is 23.2. The average Bonchev–Trinajstić information content (AvgIpc) is 3.76. The van der Waals surface area contributed by atoms with Crippen LogP contribution in [0.5, 0.6) is 5.75 Å². The zero-order valence-corrected chi connectivity index (χ0v) is 24.6. The molecule has 1 fully saturated rings. The van der Waals surface area contributed by atoms with Crippen molar-refractivity contribution >= 4 is 40.9 Å². The van der Waals surface area contributed by atoms with E-state index >= 15 is 0 Å². The van der Waals surface area contributed by atoms with Gasteiger partial charge in [0.25, 0.3) is 5.91 Å². The van der Waals surface area contributed by atoms with E-state index in [1.807, 2.05) is 31.2 Å². The molecule has 4 rings (SSSR count). The number of hydrogen-bond donors (Lipinski definition) is 3. The van der Waals surface area contributed by atoms with E-state index in [2.05, 4.69) is 16.0 Å². The Morgan fingerprint density at radius 2 is 1.62 bits per heavy atom. The molecule has 8 nitrogen and oxygen atoms in total. The standard InChI is InChI=1S/C30H36Cl2N4O4/c1-18-17-34-27(22-8-9-22)30(39)36(3)19(2)28(37)35-25(15-20-6-11-23(31)12-7-20)29(38)33-14-4-5-21-10-13-24(32)16-26(21)40-18/h6-7,10-13,16,18-19,25,34H,4-5,8-9,14-15,17H2,1-3H3,(H,33,38)(H,35,37)/t18-,19-,25-/m1/s1. The molecule has 3 atom stereocenters. The highest BCUT2D eigenvalue weighted by Gasteiger charge is 2.32. The van der Waals surface area contributed by atoms with Gasteiger partial charge in [-0.1, -0.05) is 41.4 Å². The van der Waals surface area contributed by atoms with Gasteiger partial charge in [-0.15, -0.1) is 0 Å². The third-order valence-electron chi connectivity index (χ3n) is 7.18. The minimum absolute atomic E-state index is 0.252. The number of allylic oxidation sites excluding steroid dienone is 1. The number of likely N-dealkylation sites (N-methyl/N-ethyl adjacent to an activating group) is 1. The first kappa shape index (κ1) is 29.7. The molecule has 0 radical (unpaired) electrons. The van der Waals surface area contributed by atoms with E-state index in [9.17, 15) is 14.4 Å². The van der Waals surface area contributed by atoms with Gasteiger partial charge < -0.3 is 25.6 Å². The van der Waals surface area contributed by atoms with Crippen molar-refractivity contribution in [1.29, 1.82) is 0 Å². The monoisotopic (exact) mass is 586 g/mol. The summed E-state index contributed by atoms with van der Waals surface area (Å²) in [5.74, 6) is -0.298. The minimum Gasteiger partial charge on any atom is -0.489 e. The molecule has 1 aliphatic heterocycles. The van der Waals surface area contributed by atoms with Crippen molar-refractivity contribution in [1.82, 2.24) is 20.9 Å². The second-order valence-electron chi connectivity index (χ2n) is 10.4. The first-order valence-corrected chi connectivity index (χ1v) is 14.4. The second-order valence-corrected chi connectivity index (χ2v) is 11.3. The van der Waals surface area contributed by atoms with Crippen LogP contribution >= 0.6 is 23.2 Å². The van der Waals surface area contributed by atoms with Crippen LogP contribution in [0.4, 0.5) is 0 Å². The molecule has 0 unspecified atom stereocenters. The minimum atomic E-state index is -0.826. The van der Waals surface area contributed by atoms with Gasteiger partial charge in [-0.3, -0.25) is 14.4 Å². The van der Waals surface area contributed by atoms with Crippen molar-refractivity contribution in [3.8, 4) is 5.75 Å². The number of carbonyl (C=O) groups excluding carboxylic acids is 3. The van der Waals surface area contributed by atoms with Gasteiger partial charge in [0, 0.05) is 30.1 Å². The van der Waals surface area contributed by atoms with Crippen LogP contribution in [-0.2, 0) is 27.2 Å². The predicted octanol–water partition coefficient (Wildman–Crippen LogP) is 4.04. The van der Waals surface area contributed by atoms with Crippen LogP contribution in [0.1, 0.15) is 44.2 Å². The van der Waals surface area contributed by atoms with Gasteiger partial charge in [0.2, 0.25) is 11.8 Å². The molecule has 2 aromatic carbocycles. The summed E-state index contributed by atoms with van der Waals surface area (Å²) >= 11 is 12.3. The highest BCUT2D eigenvalue weighted by atomic mass is 35.5. The van der Waals surface area contributed by atoms with Crippen molar-refractivity contribution in [3.63, 3.8) is 0 Å². The topological polar surface area (TPSA) is 99.8 Å². The zero-order chi connectivity index (χ0) is 28.8. The summed E-state index contributed by atoms with van der Waals surface area (Å²) in [7, 11) is 1.60. The molecule has 1 heterocycles. The molecule has 0 spiro atoms. The van der Waals surface area contributed by atoms with Gasteiger partial charge in [-0.05, 0) is 80.5 Å². The van der Waals surface area contributed by atoms with Crippen LogP contribution in [0.15, 0.2) is 53.7 Å². The molecule has 0 bridgehead atoms. The van der Waals surface area contributed by atoms with Crippen molar-refractivity contribution < 1.29 is 19.1 Å². The summed E-state index contributed by atoms with van der Waals surface area (Å²) in [5.41, 5.74) is 3.35. The lowest BCUT2D eigenvalue weighted by Gasteiger charge is -2.28. The fourth-order valence-corrected chi connectivity index (χ4v) is 4.80. The Labute approximate surface area is 245 Å². The number of aryl methyl sites for hydroxylation is 1. The number of hydrogen-bond acceptors (Lipinski definition) is 5. The number of amides is 3.